The van der Waals surface area contributed by atoms with Crippen molar-refractivity contribution in [3.05, 3.63) is 65.0 Å². The molecule has 32 heavy (non-hydrogen) atoms. The minimum atomic E-state index is -0.689. The van der Waals surface area contributed by atoms with Gasteiger partial charge in [0.05, 0.1) is 18.2 Å². The number of aliphatic hydroxyl groups excluding tert-OH is 1. The van der Waals surface area contributed by atoms with Crippen LogP contribution in [-0.2, 0) is 9.59 Å². The summed E-state index contributed by atoms with van der Waals surface area (Å²) in [5.41, 5.74) is 2.09. The van der Waals surface area contributed by atoms with E-state index in [9.17, 15) is 14.7 Å². The molecule has 1 saturated heterocycles. The number of ketones is 1. The van der Waals surface area contributed by atoms with Crippen LogP contribution < -0.4 is 4.74 Å². The van der Waals surface area contributed by atoms with Crippen LogP contribution in [0.2, 0.25) is 0 Å². The number of benzene rings is 1. The molecule has 0 spiro atoms. The number of aliphatic hydroxyl groups is 1. The lowest BCUT2D eigenvalue weighted by molar-refractivity contribution is -0.140. The number of ether oxygens (including phenoxy) is 1. The van der Waals surface area contributed by atoms with Crippen molar-refractivity contribution < 1.29 is 19.4 Å². The lowest BCUT2D eigenvalue weighted by Gasteiger charge is -2.28. The second-order valence-corrected chi connectivity index (χ2v) is 7.72. The number of amides is 1. The fourth-order valence-electron chi connectivity index (χ4n) is 4.05. The fraction of sp³-hybridized carbons (Fsp3) is 0.400. The molecular weight excluding hydrogens is 406 g/mol. The second kappa shape index (κ2) is 10.4. The highest BCUT2D eigenvalue weighted by Crippen LogP contribution is 2.39. The van der Waals surface area contributed by atoms with Crippen molar-refractivity contribution in [2.24, 2.45) is 0 Å². The van der Waals surface area contributed by atoms with Crippen LogP contribution in [0, 0.1) is 6.92 Å². The number of rotatable bonds is 9. The van der Waals surface area contributed by atoms with E-state index in [0.717, 1.165) is 18.7 Å². The number of likely N-dealkylation sites (N-methyl/N-ethyl adjacent to an activating group) is 1. The van der Waals surface area contributed by atoms with E-state index in [2.05, 4.69) is 23.7 Å². The summed E-state index contributed by atoms with van der Waals surface area (Å²) in [5, 5.41) is 11.2. The van der Waals surface area contributed by atoms with Crippen LogP contribution in [0.25, 0.3) is 5.76 Å². The largest absolute Gasteiger partial charge is 0.507 e. The molecule has 170 valence electrons. The first-order valence-corrected chi connectivity index (χ1v) is 11.1. The first kappa shape index (κ1) is 23.5. The molecule has 1 unspecified atom stereocenters. The van der Waals surface area contributed by atoms with Crippen LogP contribution in [0.5, 0.6) is 5.75 Å². The lowest BCUT2D eigenvalue weighted by Crippen LogP contribution is -2.38. The third-order valence-corrected chi connectivity index (χ3v) is 5.84. The summed E-state index contributed by atoms with van der Waals surface area (Å²) < 4.78 is 5.58. The van der Waals surface area contributed by atoms with E-state index >= 15 is 0 Å². The number of Topliss-reactive ketones (excluding diaryl/α,β-unsaturated/α-hetero) is 1. The van der Waals surface area contributed by atoms with E-state index < -0.39 is 17.7 Å². The van der Waals surface area contributed by atoms with Gasteiger partial charge in [0.15, 0.2) is 0 Å². The molecule has 1 aromatic heterocycles. The first-order chi connectivity index (χ1) is 15.4. The number of carbonyl (C=O) groups excluding carboxylic acids is 2. The fourth-order valence-corrected chi connectivity index (χ4v) is 4.05. The van der Waals surface area contributed by atoms with Crippen LogP contribution in [0.3, 0.4) is 0 Å². The van der Waals surface area contributed by atoms with Gasteiger partial charge in [-0.15, -0.1) is 0 Å². The quantitative estimate of drug-likeness (QED) is 0.367. The Hall–Kier alpha value is -3.19. The minimum absolute atomic E-state index is 0.0890. The number of likely N-dealkylation sites (tertiary alicyclic amines) is 1. The molecule has 0 aliphatic carbocycles. The summed E-state index contributed by atoms with van der Waals surface area (Å²) in [6.07, 6.45) is 3.28. The van der Waals surface area contributed by atoms with E-state index in [4.69, 9.17) is 4.74 Å². The molecule has 7 nitrogen and oxygen atoms in total. The predicted molar refractivity (Wildman–Crippen MR) is 123 cm³/mol. The van der Waals surface area contributed by atoms with Crippen LogP contribution in [-0.4, -0.2) is 64.4 Å². The molecule has 1 fully saturated rings. The Morgan fingerprint density at radius 2 is 1.94 bits per heavy atom. The third-order valence-electron chi connectivity index (χ3n) is 5.84. The molecule has 1 aliphatic heterocycles. The van der Waals surface area contributed by atoms with Gasteiger partial charge in [-0.05, 0) is 62.3 Å². The lowest BCUT2D eigenvalue weighted by atomic mass is 9.95. The van der Waals surface area contributed by atoms with Gasteiger partial charge in [-0.1, -0.05) is 19.9 Å². The van der Waals surface area contributed by atoms with Gasteiger partial charge in [0, 0.05) is 31.0 Å². The smallest absolute Gasteiger partial charge is 0.295 e. The summed E-state index contributed by atoms with van der Waals surface area (Å²) in [5.74, 6) is -0.751. The van der Waals surface area contributed by atoms with Crippen molar-refractivity contribution in [1.82, 2.24) is 14.8 Å². The maximum absolute atomic E-state index is 13.1. The summed E-state index contributed by atoms with van der Waals surface area (Å²) in [6.45, 7) is 11.2. The molecule has 1 aromatic carbocycles. The van der Waals surface area contributed by atoms with Gasteiger partial charge >= 0.3 is 0 Å². The van der Waals surface area contributed by atoms with E-state index in [1.807, 2.05) is 19.9 Å². The Balaban J connectivity index is 2.07. The molecule has 2 aromatic rings. The zero-order chi connectivity index (χ0) is 23.3. The third kappa shape index (κ3) is 4.67. The highest BCUT2D eigenvalue weighted by Gasteiger charge is 2.46. The van der Waals surface area contributed by atoms with Crippen molar-refractivity contribution in [3.8, 4) is 5.75 Å². The molecule has 7 heteroatoms. The first-order valence-electron chi connectivity index (χ1n) is 11.1. The Kier molecular flexibility index (Phi) is 7.64. The van der Waals surface area contributed by atoms with Crippen LogP contribution in [0.15, 0.2) is 48.3 Å². The summed E-state index contributed by atoms with van der Waals surface area (Å²) in [6, 6.07) is 8.14. The molecule has 1 atom stereocenters. The highest BCUT2D eigenvalue weighted by molar-refractivity contribution is 6.46. The van der Waals surface area contributed by atoms with Crippen LogP contribution in [0.4, 0.5) is 0 Å². The van der Waals surface area contributed by atoms with Gasteiger partial charge in [0.25, 0.3) is 11.7 Å². The standard InChI is InChI=1S/C25H31N3O4/c1-5-27(6-2)13-14-28-22(19-9-8-12-26-16-19)21(24(30)25(28)31)23(29)18-10-11-20(32-7-3)17(4)15-18/h8-12,15-16,22,29H,5-7,13-14H2,1-4H3/b23-21-. The minimum Gasteiger partial charge on any atom is -0.507 e. The molecule has 0 saturated carbocycles. The zero-order valence-corrected chi connectivity index (χ0v) is 19.2. The number of aromatic nitrogens is 1. The van der Waals surface area contributed by atoms with Crippen molar-refractivity contribution in [2.75, 3.05) is 32.8 Å². The predicted octanol–water partition coefficient (Wildman–Crippen LogP) is 3.55. The maximum Gasteiger partial charge on any atom is 0.295 e. The van der Waals surface area contributed by atoms with E-state index in [1.54, 1.807) is 41.6 Å². The Bertz CT molecular complexity index is 1000. The molecule has 1 N–H and O–H groups in total. The number of nitrogens with zero attached hydrogens (tertiary/aromatic N) is 3. The summed E-state index contributed by atoms with van der Waals surface area (Å²) in [4.78, 5) is 34.0. The van der Waals surface area contributed by atoms with Gasteiger partial charge in [-0.25, -0.2) is 0 Å². The Labute approximate surface area is 189 Å². The topological polar surface area (TPSA) is 83.0 Å². The maximum atomic E-state index is 13.1. The Morgan fingerprint density at radius 3 is 2.53 bits per heavy atom. The van der Waals surface area contributed by atoms with Crippen molar-refractivity contribution >= 4 is 17.4 Å². The molecule has 0 radical (unpaired) electrons. The van der Waals surface area contributed by atoms with Crippen LogP contribution >= 0.6 is 0 Å². The van der Waals surface area contributed by atoms with Crippen LogP contribution in [0.1, 0.15) is 43.5 Å². The highest BCUT2D eigenvalue weighted by atomic mass is 16.5. The molecule has 1 aliphatic rings. The van der Waals surface area contributed by atoms with E-state index in [1.165, 1.54) is 0 Å². The van der Waals surface area contributed by atoms with Gasteiger partial charge in [-0.2, -0.15) is 0 Å². The number of aryl methyl sites for hydroxylation is 1. The molecule has 2 heterocycles. The summed E-state index contributed by atoms with van der Waals surface area (Å²) >= 11 is 0. The second-order valence-electron chi connectivity index (χ2n) is 7.72. The molecular formula is C25H31N3O4. The monoisotopic (exact) mass is 437 g/mol. The molecule has 0 bridgehead atoms. The number of pyridine rings is 1. The zero-order valence-electron chi connectivity index (χ0n) is 19.2. The van der Waals surface area contributed by atoms with Crippen molar-refractivity contribution in [1.29, 1.82) is 0 Å². The Morgan fingerprint density at radius 1 is 1.19 bits per heavy atom. The van der Waals surface area contributed by atoms with E-state index in [0.29, 0.717) is 36.6 Å². The number of hydrogen-bond donors (Lipinski definition) is 1. The average Bonchev–Trinajstić information content (AvgIpc) is 3.06. The molecule has 1 amide bonds. The SMILES string of the molecule is CCOc1ccc(/C(O)=C2/C(=O)C(=O)N(CCN(CC)CC)C2c2cccnc2)cc1C. The summed E-state index contributed by atoms with van der Waals surface area (Å²) in [7, 11) is 0. The van der Waals surface area contributed by atoms with Gasteiger partial charge in [-0.3, -0.25) is 14.6 Å². The van der Waals surface area contributed by atoms with E-state index in [-0.39, 0.29) is 11.3 Å². The molecule has 3 rings (SSSR count). The van der Waals surface area contributed by atoms with Gasteiger partial charge < -0.3 is 19.6 Å². The van der Waals surface area contributed by atoms with Crippen molar-refractivity contribution in [2.45, 2.75) is 33.7 Å². The average molecular weight is 438 g/mol. The van der Waals surface area contributed by atoms with Gasteiger partial charge in [0.2, 0.25) is 0 Å². The number of hydrogen-bond acceptors (Lipinski definition) is 6. The number of carbonyl (C=O) groups is 2. The normalized spacial score (nSPS) is 17.9. The van der Waals surface area contributed by atoms with Crippen molar-refractivity contribution in [3.63, 3.8) is 0 Å². The van der Waals surface area contributed by atoms with Gasteiger partial charge in [0.1, 0.15) is 11.5 Å².